The van der Waals surface area contributed by atoms with E-state index in [1.807, 2.05) is 12.2 Å². The van der Waals surface area contributed by atoms with Crippen LogP contribution in [0.4, 0.5) is 4.79 Å². The third-order valence-electron chi connectivity index (χ3n) is 8.50. The number of sulfonamides is 1. The zero-order chi connectivity index (χ0) is 31.8. The molecule has 0 aromatic rings. The Labute approximate surface area is 252 Å². The monoisotopic (exact) mass is 624 g/mol. The molecule has 240 valence electrons. The minimum absolute atomic E-state index is 0.0229. The van der Waals surface area contributed by atoms with Crippen LogP contribution in [-0.2, 0) is 38.7 Å². The second kappa shape index (κ2) is 12.1. The Balaban J connectivity index is 1.62. The van der Waals surface area contributed by atoms with Gasteiger partial charge in [-0.25, -0.2) is 13.2 Å². The van der Waals surface area contributed by atoms with E-state index in [2.05, 4.69) is 15.4 Å². The molecule has 4 aliphatic rings. The number of rotatable bonds is 5. The van der Waals surface area contributed by atoms with Crippen LogP contribution in [0.15, 0.2) is 12.2 Å². The van der Waals surface area contributed by atoms with Crippen LogP contribution in [0.25, 0.3) is 0 Å². The molecular weight excluding hydrogens is 580 g/mol. The van der Waals surface area contributed by atoms with Crippen molar-refractivity contribution < 1.29 is 41.9 Å². The van der Waals surface area contributed by atoms with E-state index >= 15 is 0 Å². The van der Waals surface area contributed by atoms with Gasteiger partial charge in [-0.3, -0.25) is 23.9 Å². The highest BCUT2D eigenvalue weighted by molar-refractivity contribution is 7.91. The van der Waals surface area contributed by atoms with Crippen LogP contribution in [0.5, 0.6) is 0 Å². The molecule has 1 saturated heterocycles. The van der Waals surface area contributed by atoms with Gasteiger partial charge in [0.05, 0.1) is 11.3 Å². The molecule has 0 spiro atoms. The molecule has 3 N–H and O–H groups in total. The molecule has 4 rings (SSSR count). The summed E-state index contributed by atoms with van der Waals surface area (Å²) in [6.45, 7) is 7.83. The van der Waals surface area contributed by atoms with E-state index in [0.717, 1.165) is 12.8 Å². The summed E-state index contributed by atoms with van der Waals surface area (Å²) in [7, 11) is -3.96. The van der Waals surface area contributed by atoms with Gasteiger partial charge in [0.1, 0.15) is 29.3 Å². The predicted octanol–water partition coefficient (Wildman–Crippen LogP) is 1.81. The standard InChI is InChI=1S/C29H44N4O9S/c1-18(34)41-20-15-22-23(35)31-29(25(37)32-43(39,40)28(5)13-14-28)16-19(29)11-9-7-6-8-10-12-21(24(36)33(22)17-20)30-26(38)42-27(2,3)4/h9,11,19-22H,6-8,10,12-17H2,1-5H3,(H,30,38)(H,31,35)(H,32,37)/b11-9-/t19-,20+,21-,22-,29+/m0/s1. The third kappa shape index (κ3) is 7.68. The average Bonchev–Trinajstić information content (AvgIpc) is 3.75. The number of nitrogens with one attached hydrogen (secondary N) is 3. The van der Waals surface area contributed by atoms with E-state index in [0.29, 0.717) is 32.1 Å². The Hall–Kier alpha value is -3.16. The fourth-order valence-corrected chi connectivity index (χ4v) is 6.94. The molecule has 4 amide bonds. The van der Waals surface area contributed by atoms with Crippen molar-refractivity contribution in [2.45, 2.75) is 126 Å². The summed E-state index contributed by atoms with van der Waals surface area (Å²) in [5.41, 5.74) is -2.30. The van der Waals surface area contributed by atoms with E-state index in [9.17, 15) is 32.4 Å². The van der Waals surface area contributed by atoms with Crippen LogP contribution >= 0.6 is 0 Å². The van der Waals surface area contributed by atoms with Crippen LogP contribution in [0.2, 0.25) is 0 Å². The van der Waals surface area contributed by atoms with Crippen molar-refractivity contribution >= 4 is 39.8 Å². The Morgan fingerprint density at radius 2 is 1.81 bits per heavy atom. The van der Waals surface area contributed by atoms with Crippen molar-refractivity contribution in [3.05, 3.63) is 12.2 Å². The van der Waals surface area contributed by atoms with Crippen molar-refractivity contribution in [1.82, 2.24) is 20.3 Å². The molecule has 0 bridgehead atoms. The number of hydrogen-bond acceptors (Lipinski definition) is 9. The van der Waals surface area contributed by atoms with Gasteiger partial charge >= 0.3 is 12.1 Å². The maximum absolute atomic E-state index is 13.9. The zero-order valence-corrected chi connectivity index (χ0v) is 26.4. The first-order valence-electron chi connectivity index (χ1n) is 15.0. The fraction of sp³-hybridized carbons (Fsp3) is 0.759. The van der Waals surface area contributed by atoms with E-state index in [-0.39, 0.29) is 19.4 Å². The second-order valence-corrected chi connectivity index (χ2v) is 15.6. The molecule has 0 unspecified atom stereocenters. The number of amides is 4. The van der Waals surface area contributed by atoms with E-state index in [1.54, 1.807) is 27.7 Å². The Bertz CT molecular complexity index is 1290. The van der Waals surface area contributed by atoms with Crippen LogP contribution in [0.3, 0.4) is 0 Å². The maximum Gasteiger partial charge on any atom is 0.408 e. The number of hydrogen-bond donors (Lipinski definition) is 3. The largest absolute Gasteiger partial charge is 0.461 e. The summed E-state index contributed by atoms with van der Waals surface area (Å²) in [6.07, 6.45) is 6.40. The molecule has 2 heterocycles. The number of alkyl carbamates (subject to hydrolysis) is 1. The van der Waals surface area contributed by atoms with Gasteiger partial charge in [-0.05, 0) is 66.2 Å². The molecule has 14 heteroatoms. The van der Waals surface area contributed by atoms with E-state index in [1.165, 1.54) is 11.8 Å². The minimum atomic E-state index is -3.96. The lowest BCUT2D eigenvalue weighted by Crippen LogP contribution is -2.58. The molecule has 3 fully saturated rings. The summed E-state index contributed by atoms with van der Waals surface area (Å²) in [5.74, 6) is -3.03. The number of carbonyl (C=O) groups excluding carboxylic acids is 5. The Kier molecular flexibility index (Phi) is 9.20. The highest BCUT2D eigenvalue weighted by Crippen LogP contribution is 2.47. The normalized spacial score (nSPS) is 31.6. The molecule has 13 nitrogen and oxygen atoms in total. The molecule has 0 radical (unpaired) electrons. The van der Waals surface area contributed by atoms with E-state index < -0.39 is 79.8 Å². The first kappa shape index (κ1) is 32.7. The maximum atomic E-state index is 13.9. The smallest absolute Gasteiger partial charge is 0.408 e. The molecule has 2 saturated carbocycles. The van der Waals surface area contributed by atoms with Crippen molar-refractivity contribution in [3.63, 3.8) is 0 Å². The Morgan fingerprint density at radius 1 is 1.12 bits per heavy atom. The van der Waals surface area contributed by atoms with E-state index in [4.69, 9.17) is 9.47 Å². The van der Waals surface area contributed by atoms with Gasteiger partial charge in [-0.2, -0.15) is 0 Å². The predicted molar refractivity (Wildman–Crippen MR) is 155 cm³/mol. The lowest BCUT2D eigenvalue weighted by molar-refractivity contribution is -0.146. The lowest BCUT2D eigenvalue weighted by atomic mass is 10.0. The molecule has 5 atom stereocenters. The summed E-state index contributed by atoms with van der Waals surface area (Å²) in [5, 5.41) is 5.42. The van der Waals surface area contributed by atoms with Crippen molar-refractivity contribution in [3.8, 4) is 0 Å². The quantitative estimate of drug-likeness (QED) is 0.304. The van der Waals surface area contributed by atoms with Gasteiger partial charge in [-0.15, -0.1) is 0 Å². The molecule has 2 aliphatic heterocycles. The van der Waals surface area contributed by atoms with Crippen LogP contribution < -0.4 is 15.4 Å². The third-order valence-corrected chi connectivity index (χ3v) is 10.7. The summed E-state index contributed by atoms with van der Waals surface area (Å²) >= 11 is 0. The van der Waals surface area contributed by atoms with Gasteiger partial charge in [-0.1, -0.05) is 25.0 Å². The molecule has 43 heavy (non-hydrogen) atoms. The number of esters is 1. The average molecular weight is 625 g/mol. The van der Waals surface area contributed by atoms with Crippen LogP contribution in [-0.4, -0.2) is 83.7 Å². The number of carbonyl (C=O) groups is 5. The topological polar surface area (TPSA) is 177 Å². The summed E-state index contributed by atoms with van der Waals surface area (Å²) in [4.78, 5) is 66.9. The fourth-order valence-electron chi connectivity index (χ4n) is 5.63. The molecule has 2 aliphatic carbocycles. The first-order valence-corrected chi connectivity index (χ1v) is 16.5. The van der Waals surface area contributed by atoms with Crippen LogP contribution in [0, 0.1) is 5.92 Å². The highest BCUT2D eigenvalue weighted by Gasteiger charge is 2.63. The van der Waals surface area contributed by atoms with Gasteiger partial charge in [0.15, 0.2) is 0 Å². The number of ether oxygens (including phenoxy) is 2. The summed E-state index contributed by atoms with van der Waals surface area (Å²) in [6, 6.07) is -2.13. The lowest BCUT2D eigenvalue weighted by Gasteiger charge is -2.30. The van der Waals surface area contributed by atoms with Gasteiger partial charge < -0.3 is 25.0 Å². The SMILES string of the molecule is CC(=O)O[C@@H]1C[C@H]2C(=O)N[C@]3(C(=O)NS(=O)(=O)C4(C)CC4)C[C@@H]3/C=C\CCCCC[C@H](NC(=O)OC(C)(C)C)C(=O)N2C1. The molecular formula is C29H44N4O9S. The zero-order valence-electron chi connectivity index (χ0n) is 25.6. The number of nitrogens with zero attached hydrogens (tertiary/aromatic N) is 1. The van der Waals surface area contributed by atoms with Crippen molar-refractivity contribution in [2.75, 3.05) is 6.54 Å². The Morgan fingerprint density at radius 3 is 2.44 bits per heavy atom. The first-order chi connectivity index (χ1) is 20.0. The van der Waals surface area contributed by atoms with Gasteiger partial charge in [0.25, 0.3) is 5.91 Å². The van der Waals surface area contributed by atoms with Crippen molar-refractivity contribution in [2.24, 2.45) is 5.92 Å². The second-order valence-electron chi connectivity index (χ2n) is 13.4. The van der Waals surface area contributed by atoms with Crippen molar-refractivity contribution in [1.29, 1.82) is 0 Å². The number of fused-ring (bicyclic) bond motifs is 2. The molecule has 0 aromatic carbocycles. The summed E-state index contributed by atoms with van der Waals surface area (Å²) < 4.78 is 37.7. The highest BCUT2D eigenvalue weighted by atomic mass is 32.2. The van der Waals surface area contributed by atoms with Crippen LogP contribution in [0.1, 0.15) is 92.4 Å². The number of allylic oxidation sites excluding steroid dienone is 1. The van der Waals surface area contributed by atoms with Gasteiger partial charge in [0.2, 0.25) is 21.8 Å². The minimum Gasteiger partial charge on any atom is -0.461 e. The van der Waals surface area contributed by atoms with Gasteiger partial charge in [0, 0.05) is 19.3 Å². The molecule has 0 aromatic heterocycles.